The highest BCUT2D eigenvalue weighted by Crippen LogP contribution is 2.45. The Morgan fingerprint density at radius 3 is 2.25 bits per heavy atom. The molecule has 0 saturated heterocycles. The van der Waals surface area contributed by atoms with Gasteiger partial charge in [-0.05, 0) is 65.3 Å². The van der Waals surface area contributed by atoms with Gasteiger partial charge in [-0.1, -0.05) is 79.7 Å². The zero-order valence-corrected chi connectivity index (χ0v) is 22.9. The number of carbonyl (C=O) groups is 1. The van der Waals surface area contributed by atoms with Crippen molar-refractivity contribution in [1.82, 2.24) is 0 Å². The molecule has 1 aliphatic heterocycles. The molecule has 0 amide bonds. The summed E-state index contributed by atoms with van der Waals surface area (Å²) >= 11 is 0. The SMILES string of the molecule is CCc1ccc(C2CC(=O)C3=C(C2)Nc2ccccc2NC3c2ccc(OCc3ccccc3)c(OC)c2)cc1. The highest BCUT2D eigenvalue weighted by Gasteiger charge is 2.36. The van der Waals surface area contributed by atoms with Crippen LogP contribution in [0.4, 0.5) is 11.4 Å². The smallest absolute Gasteiger partial charge is 0.163 e. The van der Waals surface area contributed by atoms with Crippen molar-refractivity contribution in [2.24, 2.45) is 0 Å². The first-order chi connectivity index (χ1) is 19.6. The Bertz CT molecular complexity index is 1540. The van der Waals surface area contributed by atoms with Gasteiger partial charge in [0.2, 0.25) is 0 Å². The van der Waals surface area contributed by atoms with Crippen molar-refractivity contribution in [3.63, 3.8) is 0 Å². The lowest BCUT2D eigenvalue weighted by molar-refractivity contribution is -0.116. The number of para-hydroxylation sites is 2. The van der Waals surface area contributed by atoms with E-state index in [0.717, 1.165) is 46.6 Å². The molecule has 0 spiro atoms. The van der Waals surface area contributed by atoms with Crippen molar-refractivity contribution in [3.8, 4) is 11.5 Å². The van der Waals surface area contributed by atoms with Gasteiger partial charge in [-0.25, -0.2) is 0 Å². The van der Waals surface area contributed by atoms with Crippen LogP contribution in [0.15, 0.2) is 108 Å². The van der Waals surface area contributed by atoms with E-state index in [1.54, 1.807) is 7.11 Å². The largest absolute Gasteiger partial charge is 0.493 e. The quantitative estimate of drug-likeness (QED) is 0.255. The standard InChI is InChI=1S/C35H34N2O3/c1-3-23-13-15-25(16-14-23)27-19-30-34(31(38)20-27)35(37-29-12-8-7-11-28(29)36-30)26-17-18-32(33(21-26)39-2)40-22-24-9-5-4-6-10-24/h4-18,21,27,35-37H,3,19-20,22H2,1-2H3. The second-order valence-corrected chi connectivity index (χ2v) is 10.4. The summed E-state index contributed by atoms with van der Waals surface area (Å²) in [6, 6.07) is 32.6. The lowest BCUT2D eigenvalue weighted by Crippen LogP contribution is -2.27. The van der Waals surface area contributed by atoms with E-state index in [1.807, 2.05) is 66.7 Å². The summed E-state index contributed by atoms with van der Waals surface area (Å²) in [6.45, 7) is 2.61. The summed E-state index contributed by atoms with van der Waals surface area (Å²) in [5.74, 6) is 1.60. The number of anilines is 2. The van der Waals surface area contributed by atoms with Crippen LogP contribution in [-0.4, -0.2) is 12.9 Å². The molecular formula is C35H34N2O3. The minimum atomic E-state index is -0.320. The van der Waals surface area contributed by atoms with Crippen LogP contribution in [0.25, 0.3) is 0 Å². The second kappa shape index (κ2) is 11.3. The van der Waals surface area contributed by atoms with Gasteiger partial charge in [-0.3, -0.25) is 4.79 Å². The van der Waals surface area contributed by atoms with Crippen LogP contribution in [-0.2, 0) is 17.8 Å². The third kappa shape index (κ3) is 5.20. The molecule has 2 unspecified atom stereocenters. The van der Waals surface area contributed by atoms with Crippen LogP contribution >= 0.6 is 0 Å². The van der Waals surface area contributed by atoms with Crippen LogP contribution < -0.4 is 20.1 Å². The minimum Gasteiger partial charge on any atom is -0.493 e. The molecule has 1 heterocycles. The molecule has 0 saturated carbocycles. The monoisotopic (exact) mass is 530 g/mol. The number of nitrogens with one attached hydrogen (secondary N) is 2. The van der Waals surface area contributed by atoms with Gasteiger partial charge in [0.25, 0.3) is 0 Å². The molecular weight excluding hydrogens is 496 g/mol. The van der Waals surface area contributed by atoms with Gasteiger partial charge in [0.1, 0.15) is 6.61 Å². The molecule has 5 nitrogen and oxygen atoms in total. The number of methoxy groups -OCH3 is 1. The van der Waals surface area contributed by atoms with Crippen molar-refractivity contribution in [2.45, 2.75) is 44.8 Å². The number of rotatable bonds is 7. The number of ketones is 1. The highest BCUT2D eigenvalue weighted by atomic mass is 16.5. The predicted molar refractivity (Wildman–Crippen MR) is 160 cm³/mol. The highest BCUT2D eigenvalue weighted by molar-refractivity contribution is 6.01. The average Bonchev–Trinajstić information content (AvgIpc) is 3.17. The Kier molecular flexibility index (Phi) is 7.28. The van der Waals surface area contributed by atoms with Crippen LogP contribution in [0.5, 0.6) is 11.5 Å². The Labute approximate surface area is 235 Å². The summed E-state index contributed by atoms with van der Waals surface area (Å²) in [6.07, 6.45) is 2.26. The summed E-state index contributed by atoms with van der Waals surface area (Å²) in [7, 11) is 1.65. The fraction of sp³-hybridized carbons (Fsp3) is 0.229. The maximum Gasteiger partial charge on any atom is 0.163 e. The van der Waals surface area contributed by atoms with E-state index in [9.17, 15) is 4.79 Å². The van der Waals surface area contributed by atoms with Crippen LogP contribution in [0.3, 0.4) is 0 Å². The summed E-state index contributed by atoms with van der Waals surface area (Å²) < 4.78 is 11.9. The Morgan fingerprint density at radius 1 is 0.775 bits per heavy atom. The van der Waals surface area contributed by atoms with Gasteiger partial charge >= 0.3 is 0 Å². The number of carbonyl (C=O) groups excluding carboxylic acids is 1. The third-order valence-corrected chi connectivity index (χ3v) is 7.93. The van der Waals surface area contributed by atoms with Crippen molar-refractivity contribution >= 4 is 17.2 Å². The summed E-state index contributed by atoms with van der Waals surface area (Å²) in [5, 5.41) is 7.30. The van der Waals surface area contributed by atoms with Gasteiger partial charge in [-0.2, -0.15) is 0 Å². The van der Waals surface area contributed by atoms with E-state index in [-0.39, 0.29) is 17.7 Å². The molecule has 6 rings (SSSR count). The number of hydrogen-bond acceptors (Lipinski definition) is 5. The number of benzene rings is 4. The first kappa shape index (κ1) is 25.8. The number of allylic oxidation sites excluding steroid dienone is 1. The lowest BCUT2D eigenvalue weighted by Gasteiger charge is -2.30. The third-order valence-electron chi connectivity index (χ3n) is 7.93. The maximum atomic E-state index is 13.9. The topological polar surface area (TPSA) is 59.6 Å². The zero-order chi connectivity index (χ0) is 27.5. The Morgan fingerprint density at radius 2 is 1.50 bits per heavy atom. The van der Waals surface area contributed by atoms with Gasteiger partial charge < -0.3 is 20.1 Å². The van der Waals surface area contributed by atoms with Crippen molar-refractivity contribution < 1.29 is 14.3 Å². The van der Waals surface area contributed by atoms with Crippen molar-refractivity contribution in [1.29, 1.82) is 0 Å². The number of Topliss-reactive ketones (excluding diaryl/α,β-unsaturated/α-hetero) is 1. The van der Waals surface area contributed by atoms with Crippen molar-refractivity contribution in [2.75, 3.05) is 17.7 Å². The molecule has 0 bridgehead atoms. The normalized spacial score (nSPS) is 18.1. The first-order valence-corrected chi connectivity index (χ1v) is 13.9. The van der Waals surface area contributed by atoms with E-state index in [1.165, 1.54) is 11.1 Å². The molecule has 5 heteroatoms. The molecule has 2 aliphatic rings. The van der Waals surface area contributed by atoms with E-state index >= 15 is 0 Å². The molecule has 40 heavy (non-hydrogen) atoms. The van der Waals surface area contributed by atoms with Crippen molar-refractivity contribution in [3.05, 3.63) is 131 Å². The first-order valence-electron chi connectivity index (χ1n) is 13.9. The van der Waals surface area contributed by atoms with Gasteiger partial charge in [-0.15, -0.1) is 0 Å². The summed E-state index contributed by atoms with van der Waals surface area (Å²) in [5.41, 5.74) is 8.26. The predicted octanol–water partition coefficient (Wildman–Crippen LogP) is 7.82. The number of ether oxygens (including phenoxy) is 2. The van der Waals surface area contributed by atoms with E-state index in [4.69, 9.17) is 9.47 Å². The Balaban J connectivity index is 1.35. The fourth-order valence-electron chi connectivity index (χ4n) is 5.72. The van der Waals surface area contributed by atoms with Crippen LogP contribution in [0.2, 0.25) is 0 Å². The molecule has 2 atom stereocenters. The van der Waals surface area contributed by atoms with Gasteiger partial charge in [0.05, 0.1) is 24.5 Å². The average molecular weight is 531 g/mol. The minimum absolute atomic E-state index is 0.138. The fourth-order valence-corrected chi connectivity index (χ4v) is 5.72. The van der Waals surface area contributed by atoms with E-state index < -0.39 is 0 Å². The van der Waals surface area contributed by atoms with Crippen LogP contribution in [0, 0.1) is 0 Å². The van der Waals surface area contributed by atoms with Gasteiger partial charge in [0.15, 0.2) is 17.3 Å². The molecule has 4 aromatic carbocycles. The number of aryl methyl sites for hydroxylation is 1. The molecule has 0 radical (unpaired) electrons. The zero-order valence-electron chi connectivity index (χ0n) is 22.9. The second-order valence-electron chi connectivity index (χ2n) is 10.4. The van der Waals surface area contributed by atoms with Crippen LogP contribution in [0.1, 0.15) is 54.0 Å². The molecule has 2 N–H and O–H groups in total. The molecule has 1 aliphatic carbocycles. The number of hydrogen-bond donors (Lipinski definition) is 2. The molecule has 0 fully saturated rings. The molecule has 202 valence electrons. The van der Waals surface area contributed by atoms with E-state index in [2.05, 4.69) is 47.9 Å². The Hall–Kier alpha value is -4.51. The van der Waals surface area contributed by atoms with Gasteiger partial charge in [0, 0.05) is 17.7 Å². The lowest BCUT2D eigenvalue weighted by atomic mass is 9.78. The molecule has 0 aromatic heterocycles. The maximum absolute atomic E-state index is 13.9. The van der Waals surface area contributed by atoms with E-state index in [0.29, 0.717) is 24.5 Å². The summed E-state index contributed by atoms with van der Waals surface area (Å²) in [4.78, 5) is 13.9. The molecule has 4 aromatic rings. The number of fused-ring (bicyclic) bond motifs is 1.